The topological polar surface area (TPSA) is 3.24 Å². The van der Waals surface area contributed by atoms with Crippen molar-refractivity contribution in [3.63, 3.8) is 0 Å². The van der Waals surface area contributed by atoms with Gasteiger partial charge in [0.05, 0.1) is 0 Å². The summed E-state index contributed by atoms with van der Waals surface area (Å²) in [4.78, 5) is 2.59. The molecule has 2 aliphatic carbocycles. The Bertz CT molecular complexity index is 337. The molecule has 142 valence electrons. The van der Waals surface area contributed by atoms with E-state index in [0.717, 1.165) is 17.8 Å². The zero-order valence-corrected chi connectivity index (χ0v) is 17.3. The van der Waals surface area contributed by atoms with Crippen molar-refractivity contribution in [1.29, 1.82) is 0 Å². The van der Waals surface area contributed by atoms with Crippen LogP contribution in [-0.4, -0.2) is 24.5 Å². The first-order chi connectivity index (χ1) is 11.6. The van der Waals surface area contributed by atoms with Crippen LogP contribution in [0.25, 0.3) is 0 Å². The minimum absolute atomic E-state index is 0.597. The lowest BCUT2D eigenvalue weighted by atomic mass is 9.98. The van der Waals surface area contributed by atoms with Gasteiger partial charge in [0.1, 0.15) is 0 Å². The lowest BCUT2D eigenvalue weighted by molar-refractivity contribution is 0.222. The van der Waals surface area contributed by atoms with Gasteiger partial charge in [0.25, 0.3) is 0 Å². The van der Waals surface area contributed by atoms with E-state index in [1.807, 2.05) is 0 Å². The van der Waals surface area contributed by atoms with Crippen LogP contribution >= 0.6 is 0 Å². The molecular weight excluding hydrogens is 290 g/mol. The Hall–Kier alpha value is -0.0400. The van der Waals surface area contributed by atoms with Crippen LogP contribution < -0.4 is 0 Å². The molecule has 0 aromatic carbocycles. The molecule has 2 rings (SSSR count). The summed E-state index contributed by atoms with van der Waals surface area (Å²) >= 11 is 0. The minimum atomic E-state index is 0.597. The highest BCUT2D eigenvalue weighted by molar-refractivity contribution is 5.11. The summed E-state index contributed by atoms with van der Waals surface area (Å²) in [7, 11) is 4.68. The first-order valence-corrected chi connectivity index (χ1v) is 11.3. The Balaban J connectivity index is 1.58. The molecule has 0 N–H and O–H groups in total. The first-order valence-electron chi connectivity index (χ1n) is 11.3. The largest absolute Gasteiger partial charge is 0.303 e. The third kappa shape index (κ3) is 6.04. The number of nitrogens with zero attached hydrogens (tertiary/aromatic N) is 1. The maximum atomic E-state index is 2.59. The third-order valence-electron chi connectivity index (χ3n) is 7.14. The molecular formula is C23H45N. The van der Waals surface area contributed by atoms with Crippen molar-refractivity contribution in [1.82, 2.24) is 4.90 Å². The van der Waals surface area contributed by atoms with Crippen LogP contribution in [0.15, 0.2) is 0 Å². The molecule has 0 amide bonds. The van der Waals surface area contributed by atoms with Crippen LogP contribution in [0.2, 0.25) is 0 Å². The maximum absolute atomic E-state index is 2.59. The first kappa shape index (κ1) is 20.3. The molecule has 2 saturated carbocycles. The van der Waals surface area contributed by atoms with Crippen LogP contribution in [0, 0.1) is 17.8 Å². The summed E-state index contributed by atoms with van der Waals surface area (Å²) in [6.07, 6.45) is 22.0. The molecule has 0 aromatic rings. The van der Waals surface area contributed by atoms with Crippen LogP contribution in [0.5, 0.6) is 0 Å². The van der Waals surface area contributed by atoms with E-state index >= 15 is 0 Å². The second-order valence-electron chi connectivity index (χ2n) is 9.26. The highest BCUT2D eigenvalue weighted by atomic mass is 15.2. The summed E-state index contributed by atoms with van der Waals surface area (Å²) in [6, 6.07) is 0. The van der Waals surface area contributed by atoms with Crippen molar-refractivity contribution < 1.29 is 0 Å². The van der Waals surface area contributed by atoms with Crippen molar-refractivity contribution >= 4 is 0 Å². The van der Waals surface area contributed by atoms with Gasteiger partial charge in [-0.2, -0.15) is 0 Å². The SMILES string of the molecule is CCCCCCCCC[C@]1(N(C)C)C[C@@H]1C[C@H]1C[C@H]1CCCCC. The van der Waals surface area contributed by atoms with Gasteiger partial charge >= 0.3 is 0 Å². The van der Waals surface area contributed by atoms with Gasteiger partial charge in [0.2, 0.25) is 0 Å². The summed E-state index contributed by atoms with van der Waals surface area (Å²) in [5.41, 5.74) is 0.597. The number of hydrogen-bond acceptors (Lipinski definition) is 1. The van der Waals surface area contributed by atoms with Crippen molar-refractivity contribution in [3.05, 3.63) is 0 Å². The second kappa shape index (κ2) is 10.2. The van der Waals surface area contributed by atoms with Crippen LogP contribution in [0.4, 0.5) is 0 Å². The van der Waals surface area contributed by atoms with Gasteiger partial charge in [-0.25, -0.2) is 0 Å². The Morgan fingerprint density at radius 3 is 2.08 bits per heavy atom. The van der Waals surface area contributed by atoms with Gasteiger partial charge in [-0.3, -0.25) is 0 Å². The lowest BCUT2D eigenvalue weighted by Gasteiger charge is -2.26. The fourth-order valence-electron chi connectivity index (χ4n) is 5.11. The van der Waals surface area contributed by atoms with Crippen molar-refractivity contribution in [2.75, 3.05) is 14.1 Å². The van der Waals surface area contributed by atoms with Crippen molar-refractivity contribution in [2.24, 2.45) is 17.8 Å². The summed E-state index contributed by atoms with van der Waals surface area (Å²) in [5.74, 6) is 3.23. The summed E-state index contributed by atoms with van der Waals surface area (Å²) in [6.45, 7) is 4.63. The number of rotatable bonds is 15. The van der Waals surface area contributed by atoms with Gasteiger partial charge in [-0.15, -0.1) is 0 Å². The molecule has 2 aliphatic rings. The highest BCUT2D eigenvalue weighted by Gasteiger charge is 2.57. The zero-order chi connectivity index (χ0) is 17.4. The van der Waals surface area contributed by atoms with E-state index in [-0.39, 0.29) is 0 Å². The predicted octanol–water partition coefficient (Wildman–Crippen LogP) is 7.05. The van der Waals surface area contributed by atoms with Crippen molar-refractivity contribution in [2.45, 2.75) is 116 Å². The van der Waals surface area contributed by atoms with Crippen molar-refractivity contribution in [3.8, 4) is 0 Å². The summed E-state index contributed by atoms with van der Waals surface area (Å²) in [5, 5.41) is 0. The fourth-order valence-corrected chi connectivity index (χ4v) is 5.11. The molecule has 4 atom stereocenters. The monoisotopic (exact) mass is 335 g/mol. The summed E-state index contributed by atoms with van der Waals surface area (Å²) < 4.78 is 0. The standard InChI is InChI=1S/C23H45N/c1-5-7-9-10-11-12-14-16-23(24(3)4)19-22(23)18-21-17-20(21)15-13-8-6-2/h20-22H,5-19H2,1-4H3/t20-,21-,22+,23+/m1/s1. The molecule has 0 bridgehead atoms. The van der Waals surface area contributed by atoms with Gasteiger partial charge in [0, 0.05) is 5.54 Å². The normalized spacial score (nSPS) is 31.6. The van der Waals surface area contributed by atoms with Crippen LogP contribution in [0.1, 0.15) is 110 Å². The van der Waals surface area contributed by atoms with E-state index in [0.29, 0.717) is 5.54 Å². The van der Waals surface area contributed by atoms with Gasteiger partial charge in [-0.1, -0.05) is 84.5 Å². The Morgan fingerprint density at radius 2 is 1.42 bits per heavy atom. The average molecular weight is 336 g/mol. The van der Waals surface area contributed by atoms with E-state index < -0.39 is 0 Å². The molecule has 0 saturated heterocycles. The molecule has 1 nitrogen and oxygen atoms in total. The quantitative estimate of drug-likeness (QED) is 0.290. The Morgan fingerprint density at radius 1 is 0.792 bits per heavy atom. The molecule has 2 fully saturated rings. The van der Waals surface area contributed by atoms with Crippen LogP contribution in [0.3, 0.4) is 0 Å². The molecule has 24 heavy (non-hydrogen) atoms. The predicted molar refractivity (Wildman–Crippen MR) is 107 cm³/mol. The lowest BCUT2D eigenvalue weighted by Crippen LogP contribution is -2.32. The molecule has 0 spiro atoms. The molecule has 0 heterocycles. The second-order valence-corrected chi connectivity index (χ2v) is 9.26. The highest BCUT2D eigenvalue weighted by Crippen LogP contribution is 2.58. The van der Waals surface area contributed by atoms with E-state index in [1.165, 1.54) is 83.5 Å². The molecule has 0 radical (unpaired) electrons. The number of unbranched alkanes of at least 4 members (excludes halogenated alkanes) is 8. The van der Waals surface area contributed by atoms with Gasteiger partial charge in [-0.05, 0) is 57.5 Å². The third-order valence-corrected chi connectivity index (χ3v) is 7.14. The van der Waals surface area contributed by atoms with Gasteiger partial charge in [0.15, 0.2) is 0 Å². The Labute approximate surface area is 153 Å². The van der Waals surface area contributed by atoms with E-state index in [4.69, 9.17) is 0 Å². The average Bonchev–Trinajstić information content (AvgIpc) is 3.45. The smallest absolute Gasteiger partial charge is 0.0235 e. The molecule has 0 aliphatic heterocycles. The molecule has 0 unspecified atom stereocenters. The van der Waals surface area contributed by atoms with Gasteiger partial charge < -0.3 is 4.90 Å². The zero-order valence-electron chi connectivity index (χ0n) is 17.3. The maximum Gasteiger partial charge on any atom is 0.0235 e. The minimum Gasteiger partial charge on any atom is -0.303 e. The molecule has 1 heteroatoms. The fraction of sp³-hybridized carbons (Fsp3) is 1.00. The van der Waals surface area contributed by atoms with E-state index in [2.05, 4.69) is 32.8 Å². The molecule has 0 aromatic heterocycles. The van der Waals surface area contributed by atoms with E-state index in [9.17, 15) is 0 Å². The van der Waals surface area contributed by atoms with E-state index in [1.54, 1.807) is 12.8 Å². The Kier molecular flexibility index (Phi) is 8.61. The van der Waals surface area contributed by atoms with Crippen LogP contribution in [-0.2, 0) is 0 Å². The number of hydrogen-bond donors (Lipinski definition) is 0.